The van der Waals surface area contributed by atoms with Gasteiger partial charge in [0.1, 0.15) is 36.1 Å². The zero-order valence-electron chi connectivity index (χ0n) is 17.5. The summed E-state index contributed by atoms with van der Waals surface area (Å²) in [5, 5.41) is 4.15. The van der Waals surface area contributed by atoms with Gasteiger partial charge >= 0.3 is 12.0 Å². The number of carbonyl (C=O) groups is 3. The van der Waals surface area contributed by atoms with Gasteiger partial charge in [-0.05, 0) is 36.4 Å². The molecule has 0 aliphatic carbocycles. The second kappa shape index (κ2) is 11.8. The highest BCUT2D eigenvalue weighted by atomic mass is 19.1. The summed E-state index contributed by atoms with van der Waals surface area (Å²) in [6, 6.07) is 20.1. The summed E-state index contributed by atoms with van der Waals surface area (Å²) in [6.07, 6.45) is 0. The molecule has 0 radical (unpaired) electrons. The minimum Gasteiger partial charge on any atom is -0.490 e. The number of benzene rings is 3. The van der Waals surface area contributed by atoms with Crippen molar-refractivity contribution in [2.45, 2.75) is 0 Å². The van der Waals surface area contributed by atoms with Crippen molar-refractivity contribution in [2.24, 2.45) is 0 Å². The lowest BCUT2D eigenvalue weighted by atomic mass is 10.2. The molecular formula is C24H21FN2O6. The number of hydrogen-bond donors (Lipinski definition) is 2. The standard InChI is InChI=1S/C24H21FN2O6/c25-19-11-5-6-12-20(19)26-24(30)27-22(28)16-33-23(29)18-10-4-7-13-21(18)32-15-14-31-17-8-2-1-3-9-17/h1-13H,14-16H2,(H2,26,27,28,30). The van der Waals surface area contributed by atoms with Crippen molar-refractivity contribution in [2.75, 3.05) is 25.1 Å². The molecule has 33 heavy (non-hydrogen) atoms. The van der Waals surface area contributed by atoms with Crippen LogP contribution in [0, 0.1) is 5.82 Å². The number of nitrogens with one attached hydrogen (secondary N) is 2. The second-order valence-electron chi connectivity index (χ2n) is 6.56. The second-order valence-corrected chi connectivity index (χ2v) is 6.56. The molecule has 0 saturated heterocycles. The zero-order valence-corrected chi connectivity index (χ0v) is 17.5. The van der Waals surface area contributed by atoms with Gasteiger partial charge in [0.25, 0.3) is 5.91 Å². The maximum atomic E-state index is 13.5. The van der Waals surface area contributed by atoms with E-state index in [2.05, 4.69) is 5.32 Å². The number of anilines is 1. The summed E-state index contributed by atoms with van der Waals surface area (Å²) < 4.78 is 29.7. The molecule has 0 heterocycles. The topological polar surface area (TPSA) is 103 Å². The number of ether oxygens (including phenoxy) is 3. The van der Waals surface area contributed by atoms with Gasteiger partial charge in [-0.25, -0.2) is 14.0 Å². The van der Waals surface area contributed by atoms with Gasteiger partial charge in [0, 0.05) is 0 Å². The first-order valence-electron chi connectivity index (χ1n) is 9.95. The maximum absolute atomic E-state index is 13.5. The average molecular weight is 452 g/mol. The van der Waals surface area contributed by atoms with Crippen LogP contribution < -0.4 is 20.1 Å². The summed E-state index contributed by atoms with van der Waals surface area (Å²) in [7, 11) is 0. The Balaban J connectivity index is 1.45. The summed E-state index contributed by atoms with van der Waals surface area (Å²) >= 11 is 0. The van der Waals surface area contributed by atoms with E-state index in [4.69, 9.17) is 14.2 Å². The Morgan fingerprint density at radius 2 is 1.45 bits per heavy atom. The van der Waals surface area contributed by atoms with Gasteiger partial charge in [0.05, 0.1) is 5.69 Å². The number of hydrogen-bond acceptors (Lipinski definition) is 6. The Hall–Kier alpha value is -4.40. The molecule has 9 heteroatoms. The van der Waals surface area contributed by atoms with Crippen LogP contribution in [0.3, 0.4) is 0 Å². The van der Waals surface area contributed by atoms with Gasteiger partial charge < -0.3 is 19.5 Å². The number of carbonyl (C=O) groups excluding carboxylic acids is 3. The van der Waals surface area contributed by atoms with E-state index < -0.39 is 30.3 Å². The Morgan fingerprint density at radius 3 is 2.24 bits per heavy atom. The quantitative estimate of drug-likeness (QED) is 0.378. The highest BCUT2D eigenvalue weighted by Crippen LogP contribution is 2.19. The number of imide groups is 1. The fourth-order valence-electron chi connectivity index (χ4n) is 2.68. The first kappa shape index (κ1) is 23.3. The fourth-order valence-corrected chi connectivity index (χ4v) is 2.68. The molecule has 2 N–H and O–H groups in total. The molecule has 3 aromatic carbocycles. The molecule has 0 aliphatic rings. The molecule has 0 atom stereocenters. The first-order chi connectivity index (χ1) is 16.0. The third-order valence-electron chi connectivity index (χ3n) is 4.17. The monoisotopic (exact) mass is 452 g/mol. The van der Waals surface area contributed by atoms with Gasteiger partial charge in [-0.3, -0.25) is 10.1 Å². The highest BCUT2D eigenvalue weighted by Gasteiger charge is 2.17. The average Bonchev–Trinajstić information content (AvgIpc) is 2.82. The van der Waals surface area contributed by atoms with E-state index in [0.717, 1.165) is 6.07 Å². The molecule has 170 valence electrons. The lowest BCUT2D eigenvalue weighted by molar-refractivity contribution is -0.123. The molecule has 0 unspecified atom stereocenters. The Labute approximate surface area is 189 Å². The smallest absolute Gasteiger partial charge is 0.342 e. The Morgan fingerprint density at radius 1 is 0.788 bits per heavy atom. The van der Waals surface area contributed by atoms with E-state index in [1.807, 2.05) is 35.6 Å². The van der Waals surface area contributed by atoms with E-state index in [-0.39, 0.29) is 30.2 Å². The minimum absolute atomic E-state index is 0.0953. The molecule has 3 amide bonds. The largest absolute Gasteiger partial charge is 0.490 e. The molecule has 3 aromatic rings. The van der Waals surface area contributed by atoms with E-state index in [9.17, 15) is 18.8 Å². The normalized spacial score (nSPS) is 10.1. The predicted octanol–water partition coefficient (Wildman–Crippen LogP) is 3.79. The number of amides is 3. The van der Waals surface area contributed by atoms with Crippen molar-refractivity contribution in [1.29, 1.82) is 0 Å². The zero-order chi connectivity index (χ0) is 23.5. The molecule has 0 saturated carbocycles. The summed E-state index contributed by atoms with van der Waals surface area (Å²) in [6.45, 7) is -0.280. The molecule has 0 bridgehead atoms. The van der Waals surface area contributed by atoms with Crippen molar-refractivity contribution in [3.8, 4) is 11.5 Å². The Kier molecular flexibility index (Phi) is 8.35. The van der Waals surface area contributed by atoms with Crippen LogP contribution in [-0.2, 0) is 9.53 Å². The summed E-state index contributed by atoms with van der Waals surface area (Å²) in [4.78, 5) is 36.1. The first-order valence-corrected chi connectivity index (χ1v) is 9.95. The minimum atomic E-state index is -0.955. The van der Waals surface area contributed by atoms with Gasteiger partial charge in [0.2, 0.25) is 0 Å². The molecule has 3 rings (SSSR count). The van der Waals surface area contributed by atoms with Crippen molar-refractivity contribution in [3.05, 3.63) is 90.2 Å². The van der Waals surface area contributed by atoms with Gasteiger partial charge in [-0.1, -0.05) is 42.5 Å². The van der Waals surface area contributed by atoms with Crippen LogP contribution in [0.5, 0.6) is 11.5 Å². The van der Waals surface area contributed by atoms with Gasteiger partial charge in [-0.15, -0.1) is 0 Å². The van der Waals surface area contributed by atoms with Gasteiger partial charge in [0.15, 0.2) is 6.61 Å². The van der Waals surface area contributed by atoms with E-state index in [1.54, 1.807) is 18.2 Å². The number of esters is 1. The lowest BCUT2D eigenvalue weighted by Gasteiger charge is -2.12. The van der Waals surface area contributed by atoms with Crippen LogP contribution in [0.4, 0.5) is 14.9 Å². The third kappa shape index (κ3) is 7.35. The number of urea groups is 1. The maximum Gasteiger partial charge on any atom is 0.342 e. The van der Waals surface area contributed by atoms with Crippen LogP contribution in [0.2, 0.25) is 0 Å². The molecule has 0 aromatic heterocycles. The molecular weight excluding hydrogens is 431 g/mol. The SMILES string of the molecule is O=C(COC(=O)c1ccccc1OCCOc1ccccc1)NC(=O)Nc1ccccc1F. The number of para-hydroxylation sites is 3. The van der Waals surface area contributed by atoms with E-state index >= 15 is 0 Å². The summed E-state index contributed by atoms with van der Waals surface area (Å²) in [5.74, 6) is -1.39. The van der Waals surface area contributed by atoms with E-state index in [0.29, 0.717) is 5.75 Å². The number of rotatable bonds is 9. The lowest BCUT2D eigenvalue weighted by Crippen LogP contribution is -2.37. The van der Waals surface area contributed by atoms with Crippen molar-refractivity contribution in [1.82, 2.24) is 5.32 Å². The Bertz CT molecular complexity index is 1110. The van der Waals surface area contributed by atoms with Crippen molar-refractivity contribution >= 4 is 23.6 Å². The van der Waals surface area contributed by atoms with Crippen molar-refractivity contribution in [3.63, 3.8) is 0 Å². The molecule has 8 nitrogen and oxygen atoms in total. The van der Waals surface area contributed by atoms with Crippen LogP contribution in [0.15, 0.2) is 78.9 Å². The van der Waals surface area contributed by atoms with E-state index in [1.165, 1.54) is 24.3 Å². The van der Waals surface area contributed by atoms with Gasteiger partial charge in [-0.2, -0.15) is 0 Å². The third-order valence-corrected chi connectivity index (χ3v) is 4.17. The van der Waals surface area contributed by atoms with Crippen molar-refractivity contribution < 1.29 is 33.0 Å². The van der Waals surface area contributed by atoms with Crippen LogP contribution in [0.1, 0.15) is 10.4 Å². The van der Waals surface area contributed by atoms with Crippen LogP contribution in [0.25, 0.3) is 0 Å². The molecule has 0 spiro atoms. The molecule has 0 aliphatic heterocycles. The fraction of sp³-hybridized carbons (Fsp3) is 0.125. The molecule has 0 fully saturated rings. The van der Waals surface area contributed by atoms with Crippen LogP contribution >= 0.6 is 0 Å². The highest BCUT2D eigenvalue weighted by molar-refractivity contribution is 6.02. The van der Waals surface area contributed by atoms with Crippen LogP contribution in [-0.4, -0.2) is 37.7 Å². The summed E-state index contributed by atoms with van der Waals surface area (Å²) in [5.41, 5.74) is 0.0166. The predicted molar refractivity (Wildman–Crippen MR) is 118 cm³/mol. The number of halogens is 1.